The molecule has 0 aromatic rings. The fourth-order valence-electron chi connectivity index (χ4n) is 5.67. The predicted octanol–water partition coefficient (Wildman–Crippen LogP) is -8.53. The molecule has 0 radical (unpaired) electrons. The summed E-state index contributed by atoms with van der Waals surface area (Å²) in [5.41, 5.74) is 28.8. The molecule has 2 aliphatic heterocycles. The zero-order chi connectivity index (χ0) is 33.6. The molecule has 264 valence electrons. The van der Waals surface area contributed by atoms with Gasteiger partial charge in [0.05, 0.1) is 24.7 Å². The van der Waals surface area contributed by atoms with Crippen LogP contribution in [0.25, 0.3) is 0 Å². The first-order valence-corrected chi connectivity index (χ1v) is 14.9. The minimum atomic E-state index is -2.17. The van der Waals surface area contributed by atoms with Crippen LogP contribution in [-0.4, -0.2) is 178 Å². The van der Waals surface area contributed by atoms with Gasteiger partial charge in [0.15, 0.2) is 18.7 Å². The molecule has 3 fully saturated rings. The van der Waals surface area contributed by atoms with E-state index in [0.29, 0.717) is 19.5 Å². The van der Waals surface area contributed by atoms with Gasteiger partial charge in [0.25, 0.3) is 5.91 Å². The molecule has 2 saturated heterocycles. The summed E-state index contributed by atoms with van der Waals surface area (Å²) in [4.78, 5) is 12.7. The van der Waals surface area contributed by atoms with E-state index in [-0.39, 0.29) is 13.0 Å². The second-order valence-corrected chi connectivity index (χ2v) is 11.6. The minimum absolute atomic E-state index is 0.192. The van der Waals surface area contributed by atoms with Crippen LogP contribution in [0.3, 0.4) is 0 Å². The number of hydrogen-bond acceptors (Lipinski definition) is 18. The van der Waals surface area contributed by atoms with Crippen LogP contribution in [0.4, 0.5) is 4.39 Å². The normalized spacial score (nSPS) is 43.9. The van der Waals surface area contributed by atoms with E-state index < -0.39 is 123 Å². The van der Waals surface area contributed by atoms with Crippen LogP contribution in [0, 0.1) is 0 Å². The Hall–Kier alpha value is -1.28. The number of halogens is 1. The Kier molecular flexibility index (Phi) is 14.6. The second kappa shape index (κ2) is 17.2. The van der Waals surface area contributed by atoms with Crippen molar-refractivity contribution in [3.8, 4) is 0 Å². The highest BCUT2D eigenvalue weighted by Crippen LogP contribution is 2.32. The zero-order valence-corrected chi connectivity index (χ0v) is 24.7. The van der Waals surface area contributed by atoms with Crippen molar-refractivity contribution in [2.24, 2.45) is 28.7 Å². The first kappa shape index (κ1) is 38.2. The van der Waals surface area contributed by atoms with E-state index in [2.05, 4.69) is 10.6 Å². The average Bonchev–Trinajstić information content (AvgIpc) is 3.02. The van der Waals surface area contributed by atoms with Gasteiger partial charge in [-0.15, -0.1) is 0 Å². The molecule has 0 bridgehead atoms. The summed E-state index contributed by atoms with van der Waals surface area (Å²) in [5.74, 6) is -1.20. The van der Waals surface area contributed by atoms with E-state index in [1.54, 1.807) is 0 Å². The van der Waals surface area contributed by atoms with Crippen molar-refractivity contribution in [2.45, 2.75) is 117 Å². The maximum atomic E-state index is 14.0. The molecule has 0 spiro atoms. The third-order valence-corrected chi connectivity index (χ3v) is 8.40. The van der Waals surface area contributed by atoms with Crippen LogP contribution >= 0.6 is 0 Å². The summed E-state index contributed by atoms with van der Waals surface area (Å²) in [5, 5.41) is 78.9. The number of nitrogens with one attached hydrogen (secondary N) is 2. The number of aliphatic hydroxyl groups is 7. The van der Waals surface area contributed by atoms with Crippen LogP contribution in [0.5, 0.6) is 0 Å². The number of nitrogens with two attached hydrogens (primary N) is 5. The molecule has 0 aromatic heterocycles. The van der Waals surface area contributed by atoms with Gasteiger partial charge in [-0.1, -0.05) is 0 Å². The Morgan fingerprint density at radius 1 is 0.911 bits per heavy atom. The average molecular weight is 660 g/mol. The Balaban J connectivity index is 1.90. The fraction of sp³-hybridized carbons (Fsp3) is 0.960. The predicted molar refractivity (Wildman–Crippen MR) is 151 cm³/mol. The van der Waals surface area contributed by atoms with Crippen molar-refractivity contribution in [1.29, 1.82) is 0 Å². The number of amides is 1. The summed E-state index contributed by atoms with van der Waals surface area (Å²) in [6, 6.07) is -4.71. The van der Waals surface area contributed by atoms with Gasteiger partial charge in [-0.05, 0) is 25.9 Å². The molecule has 1 amide bonds. The summed E-state index contributed by atoms with van der Waals surface area (Å²) in [6.07, 6.45) is -19.9. The molecule has 45 heavy (non-hydrogen) atoms. The molecule has 1 saturated carbocycles. The fourth-order valence-corrected chi connectivity index (χ4v) is 5.67. The van der Waals surface area contributed by atoms with E-state index >= 15 is 0 Å². The highest BCUT2D eigenvalue weighted by atomic mass is 19.1. The minimum Gasteiger partial charge on any atom is -0.394 e. The van der Waals surface area contributed by atoms with Gasteiger partial charge in [0, 0.05) is 19.1 Å². The standard InChI is InChI=1S/C25H50FN7O12/c26-8(5-28)15(35)23(41)33-10-4-9(30)21(20(40)22(10)45-25-18(38)13(31)16(36)12(7-34)43-25)44-24-14(32-3-1-2-27)19(39)17(37)11(6-29)42-24/h8-22,24-25,32,34-40H,1-7,27-31H2,(H,33,41)/t8?,9-,10+,11+,12+,13-,14+,15?,16+,17+,18+,19+,20-,21?,22-,24+,25+/m0/s1. The van der Waals surface area contributed by atoms with Crippen LogP contribution in [0.15, 0.2) is 0 Å². The highest BCUT2D eigenvalue weighted by Gasteiger charge is 2.53. The van der Waals surface area contributed by atoms with Crippen LogP contribution in [0.1, 0.15) is 12.8 Å². The number of ether oxygens (including phenoxy) is 4. The molecular weight excluding hydrogens is 609 g/mol. The molecule has 20 heteroatoms. The van der Waals surface area contributed by atoms with Gasteiger partial charge in [-0.2, -0.15) is 0 Å². The maximum absolute atomic E-state index is 14.0. The monoisotopic (exact) mass is 659 g/mol. The third-order valence-electron chi connectivity index (χ3n) is 8.40. The largest absolute Gasteiger partial charge is 0.394 e. The van der Waals surface area contributed by atoms with Gasteiger partial charge in [-0.25, -0.2) is 4.39 Å². The van der Waals surface area contributed by atoms with Gasteiger partial charge >= 0.3 is 0 Å². The molecular formula is C25H50FN7O12. The van der Waals surface area contributed by atoms with E-state index in [0.717, 1.165) is 0 Å². The van der Waals surface area contributed by atoms with Crippen molar-refractivity contribution in [1.82, 2.24) is 10.6 Å². The Bertz CT molecular complexity index is 920. The lowest BCUT2D eigenvalue weighted by Gasteiger charge is -2.49. The van der Waals surface area contributed by atoms with Crippen molar-refractivity contribution >= 4 is 5.91 Å². The molecule has 19 nitrogen and oxygen atoms in total. The topological polar surface area (TPSA) is 350 Å². The first-order chi connectivity index (χ1) is 21.3. The smallest absolute Gasteiger partial charge is 0.252 e. The number of carbonyl (C=O) groups excluding carboxylic acids is 1. The van der Waals surface area contributed by atoms with Crippen molar-refractivity contribution < 1.29 is 63.9 Å². The Morgan fingerprint density at radius 2 is 1.56 bits per heavy atom. The molecule has 2 heterocycles. The van der Waals surface area contributed by atoms with Crippen molar-refractivity contribution in [3.63, 3.8) is 0 Å². The Labute approximate surface area is 259 Å². The highest BCUT2D eigenvalue weighted by molar-refractivity contribution is 5.81. The number of aliphatic hydroxyl groups excluding tert-OH is 7. The maximum Gasteiger partial charge on any atom is 0.252 e. The summed E-state index contributed by atoms with van der Waals surface area (Å²) >= 11 is 0. The first-order valence-electron chi connectivity index (χ1n) is 14.9. The van der Waals surface area contributed by atoms with E-state index in [1.807, 2.05) is 0 Å². The quantitative estimate of drug-likeness (QED) is 0.0769. The molecule has 17 atom stereocenters. The van der Waals surface area contributed by atoms with Crippen LogP contribution < -0.4 is 39.3 Å². The summed E-state index contributed by atoms with van der Waals surface area (Å²) in [7, 11) is 0. The lowest BCUT2D eigenvalue weighted by atomic mass is 9.83. The van der Waals surface area contributed by atoms with Gasteiger partial charge in [0.1, 0.15) is 61.1 Å². The number of alkyl halides is 1. The molecule has 3 aliphatic rings. The van der Waals surface area contributed by atoms with E-state index in [1.165, 1.54) is 0 Å². The Morgan fingerprint density at radius 3 is 2.16 bits per heavy atom. The van der Waals surface area contributed by atoms with Crippen LogP contribution in [-0.2, 0) is 23.7 Å². The number of rotatable bonds is 14. The SMILES string of the molecule is NCCCN[C@H]1[C@@H](OC2[C@@H](N)C[C@@H](NC(=O)C(O)C(F)CN)[C@H](O[C@H]3O[C@H](CO)[C@@H](O)[C@H](N)[C@H]3O)[C@H]2O)O[C@H](CN)[C@@H](O)[C@@H]1O. The van der Waals surface area contributed by atoms with E-state index in [4.69, 9.17) is 47.6 Å². The number of carbonyl (C=O) groups is 1. The summed E-state index contributed by atoms with van der Waals surface area (Å²) in [6.45, 7) is -0.930. The van der Waals surface area contributed by atoms with Gasteiger partial charge in [0.2, 0.25) is 0 Å². The van der Waals surface area contributed by atoms with Crippen LogP contribution in [0.2, 0.25) is 0 Å². The van der Waals surface area contributed by atoms with Crippen molar-refractivity contribution in [2.75, 3.05) is 32.8 Å². The molecule has 3 rings (SSSR count). The molecule has 1 aliphatic carbocycles. The van der Waals surface area contributed by atoms with E-state index in [9.17, 15) is 44.9 Å². The van der Waals surface area contributed by atoms with Crippen molar-refractivity contribution in [3.05, 3.63) is 0 Å². The second-order valence-electron chi connectivity index (χ2n) is 11.6. The lowest BCUT2D eigenvalue weighted by Crippen LogP contribution is -2.70. The third kappa shape index (κ3) is 8.80. The molecule has 3 unspecified atom stereocenters. The molecule has 19 N–H and O–H groups in total. The summed E-state index contributed by atoms with van der Waals surface area (Å²) < 4.78 is 37.3. The zero-order valence-electron chi connectivity index (χ0n) is 24.7. The van der Waals surface area contributed by atoms with Gasteiger partial charge in [-0.3, -0.25) is 4.79 Å². The number of hydrogen-bond donors (Lipinski definition) is 14. The lowest BCUT2D eigenvalue weighted by molar-refractivity contribution is -0.321. The van der Waals surface area contributed by atoms with Gasteiger partial charge < -0.3 is 94.0 Å². The molecule has 0 aromatic carbocycles.